The summed E-state index contributed by atoms with van der Waals surface area (Å²) >= 11 is 0. The van der Waals surface area contributed by atoms with Gasteiger partial charge in [-0.15, -0.1) is 0 Å². The first kappa shape index (κ1) is 25.7. The van der Waals surface area contributed by atoms with Gasteiger partial charge in [-0.25, -0.2) is 23.5 Å². The molecule has 8 nitrogen and oxygen atoms in total. The minimum absolute atomic E-state index is 0.0475. The minimum atomic E-state index is -1.16. The molecule has 198 valence electrons. The lowest BCUT2D eigenvalue weighted by Crippen LogP contribution is -2.13. The van der Waals surface area contributed by atoms with Crippen LogP contribution in [-0.2, 0) is 6.54 Å². The summed E-state index contributed by atoms with van der Waals surface area (Å²) in [6.45, 7) is 2.84. The Labute approximate surface area is 222 Å². The quantitative estimate of drug-likeness (QED) is 0.231. The third-order valence-electron chi connectivity index (χ3n) is 6.25. The standard InChI is InChI=1S/C29H24F2N4O4/c1-17-13-22-25(38-2)10-9-23(31)28(22)35(17)12-11-32-27-15-24(33-16-34-27)18-3-8-21(29(36)37)26(14-18)39-20-6-4-19(30)5-7-20/h3-10,13-16H,11-12H2,1-2H3,(H,36,37)(H,32,33,34). The second-order valence-electron chi connectivity index (χ2n) is 8.74. The molecule has 2 aromatic heterocycles. The summed E-state index contributed by atoms with van der Waals surface area (Å²) in [7, 11) is 1.56. The first-order valence-electron chi connectivity index (χ1n) is 12.0. The number of aromatic carboxylic acids is 1. The maximum absolute atomic E-state index is 14.7. The van der Waals surface area contributed by atoms with Crippen molar-refractivity contribution in [3.8, 4) is 28.5 Å². The van der Waals surface area contributed by atoms with E-state index in [0.717, 1.165) is 5.69 Å². The number of carbonyl (C=O) groups is 1. The van der Waals surface area contributed by atoms with Gasteiger partial charge in [0, 0.05) is 35.8 Å². The second kappa shape index (κ2) is 10.8. The molecule has 0 spiro atoms. The Kier molecular flexibility index (Phi) is 7.09. The maximum atomic E-state index is 14.7. The van der Waals surface area contributed by atoms with E-state index in [1.165, 1.54) is 42.7 Å². The van der Waals surface area contributed by atoms with Gasteiger partial charge in [0.15, 0.2) is 0 Å². The molecule has 0 aliphatic carbocycles. The molecular formula is C29H24F2N4O4. The number of halogens is 2. The number of benzene rings is 3. The number of rotatable bonds is 9. The fraction of sp³-hybridized carbons (Fsp3) is 0.138. The molecular weight excluding hydrogens is 506 g/mol. The number of aromatic nitrogens is 3. The van der Waals surface area contributed by atoms with Crippen LogP contribution in [-0.4, -0.2) is 39.3 Å². The smallest absolute Gasteiger partial charge is 0.339 e. The van der Waals surface area contributed by atoms with Gasteiger partial charge in [0.25, 0.3) is 0 Å². The molecule has 0 aliphatic rings. The number of carboxylic acid groups (broad SMARTS) is 1. The van der Waals surface area contributed by atoms with E-state index in [0.29, 0.717) is 52.6 Å². The SMILES string of the molecule is COc1ccc(F)c2c1cc(C)n2CCNc1cc(-c2ccc(C(=O)O)c(Oc3ccc(F)cc3)c2)ncn1. The van der Waals surface area contributed by atoms with Crippen molar-refractivity contribution in [2.75, 3.05) is 19.0 Å². The van der Waals surface area contributed by atoms with Gasteiger partial charge in [-0.1, -0.05) is 6.07 Å². The van der Waals surface area contributed by atoms with E-state index < -0.39 is 11.8 Å². The van der Waals surface area contributed by atoms with Crippen molar-refractivity contribution in [2.45, 2.75) is 13.5 Å². The van der Waals surface area contributed by atoms with Crippen molar-refractivity contribution in [1.82, 2.24) is 14.5 Å². The highest BCUT2D eigenvalue weighted by Gasteiger charge is 2.16. The number of anilines is 1. The van der Waals surface area contributed by atoms with Gasteiger partial charge in [-0.05, 0) is 61.5 Å². The Morgan fingerprint density at radius 2 is 1.79 bits per heavy atom. The molecule has 39 heavy (non-hydrogen) atoms. The van der Waals surface area contributed by atoms with Crippen LogP contribution in [0.1, 0.15) is 16.1 Å². The normalized spacial score (nSPS) is 11.0. The van der Waals surface area contributed by atoms with E-state index in [4.69, 9.17) is 9.47 Å². The molecule has 3 aromatic carbocycles. The predicted octanol–water partition coefficient (Wildman–Crippen LogP) is 6.30. The summed E-state index contributed by atoms with van der Waals surface area (Å²) in [6, 6.07) is 16.5. The van der Waals surface area contributed by atoms with Crippen molar-refractivity contribution in [3.63, 3.8) is 0 Å². The summed E-state index contributed by atoms with van der Waals surface area (Å²) in [5, 5.41) is 13.5. The summed E-state index contributed by atoms with van der Waals surface area (Å²) in [6.07, 6.45) is 1.39. The van der Waals surface area contributed by atoms with Crippen LogP contribution in [0.5, 0.6) is 17.2 Å². The molecule has 0 bridgehead atoms. The van der Waals surface area contributed by atoms with Gasteiger partial charge in [0.05, 0.1) is 18.3 Å². The first-order chi connectivity index (χ1) is 18.8. The second-order valence-corrected chi connectivity index (χ2v) is 8.74. The monoisotopic (exact) mass is 530 g/mol. The molecule has 0 atom stereocenters. The Balaban J connectivity index is 1.36. The number of fused-ring (bicyclic) bond motifs is 1. The molecule has 0 radical (unpaired) electrons. The van der Waals surface area contributed by atoms with E-state index in [1.807, 2.05) is 17.6 Å². The van der Waals surface area contributed by atoms with Crippen LogP contribution in [0.3, 0.4) is 0 Å². The summed E-state index contributed by atoms with van der Waals surface area (Å²) in [5.74, 6) is -0.387. The van der Waals surface area contributed by atoms with Crippen LogP contribution >= 0.6 is 0 Å². The molecule has 0 fully saturated rings. The van der Waals surface area contributed by atoms with Gasteiger partial charge >= 0.3 is 5.97 Å². The lowest BCUT2D eigenvalue weighted by molar-refractivity contribution is 0.0694. The number of nitrogens with one attached hydrogen (secondary N) is 1. The van der Waals surface area contributed by atoms with Crippen LogP contribution in [0.2, 0.25) is 0 Å². The molecule has 0 unspecified atom stereocenters. The zero-order chi connectivity index (χ0) is 27.5. The van der Waals surface area contributed by atoms with Crippen molar-refractivity contribution in [1.29, 1.82) is 0 Å². The topological polar surface area (TPSA) is 98.5 Å². The van der Waals surface area contributed by atoms with Gasteiger partial charge < -0.3 is 24.5 Å². The lowest BCUT2D eigenvalue weighted by atomic mass is 10.1. The zero-order valence-corrected chi connectivity index (χ0v) is 21.1. The minimum Gasteiger partial charge on any atom is -0.496 e. The molecule has 0 aliphatic heterocycles. The number of aryl methyl sites for hydroxylation is 1. The van der Waals surface area contributed by atoms with E-state index in [1.54, 1.807) is 31.4 Å². The number of hydrogen-bond donors (Lipinski definition) is 2. The summed E-state index contributed by atoms with van der Waals surface area (Å²) in [4.78, 5) is 20.3. The van der Waals surface area contributed by atoms with Crippen molar-refractivity contribution >= 4 is 22.7 Å². The van der Waals surface area contributed by atoms with Crippen LogP contribution in [0, 0.1) is 18.6 Å². The lowest BCUT2D eigenvalue weighted by Gasteiger charge is -2.13. The summed E-state index contributed by atoms with van der Waals surface area (Å²) < 4.78 is 40.9. The largest absolute Gasteiger partial charge is 0.496 e. The number of nitrogens with zero attached hydrogens (tertiary/aromatic N) is 3. The average Bonchev–Trinajstić information content (AvgIpc) is 3.27. The first-order valence-corrected chi connectivity index (χ1v) is 12.0. The molecule has 0 amide bonds. The van der Waals surface area contributed by atoms with Crippen LogP contribution < -0.4 is 14.8 Å². The van der Waals surface area contributed by atoms with Gasteiger partial charge in [-0.2, -0.15) is 0 Å². The highest BCUT2D eigenvalue weighted by atomic mass is 19.1. The number of carboxylic acids is 1. The average molecular weight is 531 g/mol. The molecule has 10 heteroatoms. The van der Waals surface area contributed by atoms with Gasteiger partial charge in [0.1, 0.15) is 46.6 Å². The molecule has 5 aromatic rings. The Hall–Kier alpha value is -4.99. The number of hydrogen-bond acceptors (Lipinski definition) is 6. The summed E-state index contributed by atoms with van der Waals surface area (Å²) in [5.41, 5.74) is 2.46. The fourth-order valence-electron chi connectivity index (χ4n) is 4.39. The molecule has 5 rings (SSSR count). The van der Waals surface area contributed by atoms with E-state index >= 15 is 0 Å². The van der Waals surface area contributed by atoms with Crippen molar-refractivity contribution in [2.24, 2.45) is 0 Å². The van der Waals surface area contributed by atoms with Crippen LogP contribution in [0.4, 0.5) is 14.6 Å². The van der Waals surface area contributed by atoms with E-state index in [2.05, 4.69) is 15.3 Å². The number of ether oxygens (including phenoxy) is 2. The van der Waals surface area contributed by atoms with Gasteiger partial charge in [-0.3, -0.25) is 0 Å². The predicted molar refractivity (Wildman–Crippen MR) is 143 cm³/mol. The van der Waals surface area contributed by atoms with Crippen molar-refractivity contribution in [3.05, 3.63) is 95.9 Å². The third kappa shape index (κ3) is 5.35. The Bertz CT molecular complexity index is 1670. The maximum Gasteiger partial charge on any atom is 0.339 e. The molecule has 0 saturated carbocycles. The fourth-order valence-corrected chi connectivity index (χ4v) is 4.39. The highest BCUT2D eigenvalue weighted by Crippen LogP contribution is 2.32. The van der Waals surface area contributed by atoms with Crippen LogP contribution in [0.25, 0.3) is 22.2 Å². The molecule has 2 N–H and O–H groups in total. The van der Waals surface area contributed by atoms with Gasteiger partial charge in [0.2, 0.25) is 0 Å². The molecule has 2 heterocycles. The Morgan fingerprint density at radius 3 is 2.54 bits per heavy atom. The van der Waals surface area contributed by atoms with Crippen LogP contribution in [0.15, 0.2) is 73.1 Å². The molecule has 0 saturated heterocycles. The zero-order valence-electron chi connectivity index (χ0n) is 21.1. The number of methoxy groups -OCH3 is 1. The highest BCUT2D eigenvalue weighted by molar-refractivity contribution is 5.92. The van der Waals surface area contributed by atoms with Crippen molar-refractivity contribution < 1.29 is 28.2 Å². The van der Waals surface area contributed by atoms with E-state index in [9.17, 15) is 18.7 Å². The Morgan fingerprint density at radius 1 is 1.00 bits per heavy atom. The van der Waals surface area contributed by atoms with E-state index in [-0.39, 0.29) is 17.1 Å². The third-order valence-corrected chi connectivity index (χ3v) is 6.25.